The van der Waals surface area contributed by atoms with E-state index in [9.17, 15) is 23.3 Å². The van der Waals surface area contributed by atoms with Crippen molar-refractivity contribution in [2.45, 2.75) is 19.4 Å². The Balaban J connectivity index is 1.48. The summed E-state index contributed by atoms with van der Waals surface area (Å²) < 4.78 is 31.3. The Morgan fingerprint density at radius 2 is 1.96 bits per heavy atom. The molecule has 0 saturated carbocycles. The summed E-state index contributed by atoms with van der Waals surface area (Å²) in [5, 5.41) is 13.0. The van der Waals surface area contributed by atoms with Crippen LogP contribution in [0.25, 0.3) is 0 Å². The van der Waals surface area contributed by atoms with E-state index in [0.717, 1.165) is 11.6 Å². The van der Waals surface area contributed by atoms with E-state index < -0.39 is 26.7 Å². The van der Waals surface area contributed by atoms with E-state index in [1.54, 1.807) is 0 Å². The summed E-state index contributed by atoms with van der Waals surface area (Å²) in [6.45, 7) is 0.930. The van der Waals surface area contributed by atoms with Gasteiger partial charge in [-0.15, -0.1) is 0 Å². The zero-order valence-corrected chi connectivity index (χ0v) is 15.3. The second kappa shape index (κ2) is 7.89. The summed E-state index contributed by atoms with van der Waals surface area (Å²) in [6.07, 6.45) is 0.915. The molecule has 9 nitrogen and oxygen atoms in total. The Bertz CT molecular complexity index is 953. The third-order valence-corrected chi connectivity index (χ3v) is 6.25. The first-order valence-corrected chi connectivity index (χ1v) is 10.0. The summed E-state index contributed by atoms with van der Waals surface area (Å²) in [5.41, 5.74) is 2.18. The van der Waals surface area contributed by atoms with E-state index in [1.807, 2.05) is 24.3 Å². The van der Waals surface area contributed by atoms with Gasteiger partial charge in [0.05, 0.1) is 11.8 Å². The van der Waals surface area contributed by atoms with Crippen LogP contribution in [0.2, 0.25) is 0 Å². The van der Waals surface area contributed by atoms with Crippen LogP contribution in [0, 0.1) is 10.1 Å². The number of furan rings is 1. The van der Waals surface area contributed by atoms with Crippen LogP contribution in [-0.4, -0.2) is 42.4 Å². The van der Waals surface area contributed by atoms with Crippen molar-refractivity contribution in [3.05, 3.63) is 63.4 Å². The standard InChI is InChI=1S/C17H19N3O6S/c21-17(15-6-7-16(26-15)20(22)23)18-9-3-11-27(24,25)19-10-8-13-4-1-2-5-14(13)12-19/h1-2,4-7H,3,8-12H2,(H,18,21). The van der Waals surface area contributed by atoms with Crippen LogP contribution in [0.1, 0.15) is 28.1 Å². The van der Waals surface area contributed by atoms with Gasteiger partial charge in [0.2, 0.25) is 10.0 Å². The Morgan fingerprint density at radius 3 is 2.67 bits per heavy atom. The quantitative estimate of drug-likeness (QED) is 0.434. The van der Waals surface area contributed by atoms with Gasteiger partial charge in [0.1, 0.15) is 4.92 Å². The molecule has 0 spiro atoms. The number of hydrogen-bond donors (Lipinski definition) is 1. The molecule has 1 aromatic carbocycles. The number of carbonyl (C=O) groups excluding carboxylic acids is 1. The fraction of sp³-hybridized carbons (Fsp3) is 0.353. The molecule has 27 heavy (non-hydrogen) atoms. The lowest BCUT2D eigenvalue weighted by atomic mass is 10.0. The Morgan fingerprint density at radius 1 is 1.22 bits per heavy atom. The van der Waals surface area contributed by atoms with Gasteiger partial charge in [-0.3, -0.25) is 14.9 Å². The molecule has 0 atom stereocenters. The molecule has 3 rings (SSSR count). The molecule has 0 saturated heterocycles. The number of carbonyl (C=O) groups is 1. The van der Waals surface area contributed by atoms with Crippen molar-refractivity contribution in [2.24, 2.45) is 0 Å². The molecule has 0 aliphatic carbocycles. The predicted molar refractivity (Wildman–Crippen MR) is 96.7 cm³/mol. The highest BCUT2D eigenvalue weighted by Gasteiger charge is 2.26. The van der Waals surface area contributed by atoms with Crippen LogP contribution in [0.15, 0.2) is 40.8 Å². The van der Waals surface area contributed by atoms with E-state index >= 15 is 0 Å². The molecule has 0 radical (unpaired) electrons. The van der Waals surface area contributed by atoms with Crippen LogP contribution >= 0.6 is 0 Å². The Kier molecular flexibility index (Phi) is 5.57. The molecule has 2 heterocycles. The van der Waals surface area contributed by atoms with Crippen molar-refractivity contribution in [1.82, 2.24) is 9.62 Å². The molecule has 1 aliphatic heterocycles. The summed E-state index contributed by atoms with van der Waals surface area (Å²) in [7, 11) is -3.43. The molecule has 0 unspecified atom stereocenters. The number of benzene rings is 1. The number of nitro groups is 1. The van der Waals surface area contributed by atoms with Crippen molar-refractivity contribution in [1.29, 1.82) is 0 Å². The van der Waals surface area contributed by atoms with Gasteiger partial charge in [-0.25, -0.2) is 8.42 Å². The maximum absolute atomic E-state index is 12.5. The molecule has 1 amide bonds. The van der Waals surface area contributed by atoms with Gasteiger partial charge >= 0.3 is 5.88 Å². The van der Waals surface area contributed by atoms with E-state index in [4.69, 9.17) is 4.42 Å². The summed E-state index contributed by atoms with van der Waals surface area (Å²) in [6, 6.07) is 10.1. The second-order valence-electron chi connectivity index (χ2n) is 6.17. The second-order valence-corrected chi connectivity index (χ2v) is 8.26. The Hall–Kier alpha value is -2.72. The summed E-state index contributed by atoms with van der Waals surface area (Å²) in [4.78, 5) is 21.7. The molecular weight excluding hydrogens is 374 g/mol. The predicted octanol–water partition coefficient (Wildman–Crippen LogP) is 1.70. The number of fused-ring (bicyclic) bond motifs is 1. The highest BCUT2D eigenvalue weighted by atomic mass is 32.2. The highest BCUT2D eigenvalue weighted by molar-refractivity contribution is 7.89. The number of nitrogens with one attached hydrogen (secondary N) is 1. The zero-order chi connectivity index (χ0) is 19.4. The molecular formula is C17H19N3O6S. The van der Waals surface area contributed by atoms with Crippen molar-refractivity contribution < 1.29 is 22.6 Å². The van der Waals surface area contributed by atoms with E-state index in [0.29, 0.717) is 19.5 Å². The summed E-state index contributed by atoms with van der Waals surface area (Å²) >= 11 is 0. The molecule has 144 valence electrons. The fourth-order valence-corrected chi connectivity index (χ4v) is 4.40. The molecule has 0 bridgehead atoms. The first-order valence-electron chi connectivity index (χ1n) is 8.44. The van der Waals surface area contributed by atoms with Gasteiger partial charge in [-0.05, 0) is 30.0 Å². The highest BCUT2D eigenvalue weighted by Crippen LogP contribution is 2.21. The maximum Gasteiger partial charge on any atom is 0.433 e. The van der Waals surface area contributed by atoms with Crippen molar-refractivity contribution in [2.75, 3.05) is 18.8 Å². The molecule has 1 N–H and O–H groups in total. The topological polar surface area (TPSA) is 123 Å². The van der Waals surface area contributed by atoms with Gasteiger partial charge in [0.25, 0.3) is 5.91 Å². The van der Waals surface area contributed by atoms with Crippen LogP contribution in [-0.2, 0) is 23.0 Å². The maximum atomic E-state index is 12.5. The average Bonchev–Trinajstić information content (AvgIpc) is 3.15. The van der Waals surface area contributed by atoms with E-state index in [2.05, 4.69) is 5.32 Å². The number of hydrogen-bond acceptors (Lipinski definition) is 6. The van der Waals surface area contributed by atoms with Crippen molar-refractivity contribution in [3.8, 4) is 0 Å². The first kappa shape index (κ1) is 19.1. The van der Waals surface area contributed by atoms with Crippen molar-refractivity contribution in [3.63, 3.8) is 0 Å². The van der Waals surface area contributed by atoms with Crippen LogP contribution in [0.5, 0.6) is 0 Å². The molecule has 2 aromatic rings. The minimum atomic E-state index is -3.43. The zero-order valence-electron chi connectivity index (χ0n) is 14.5. The van der Waals surface area contributed by atoms with Crippen molar-refractivity contribution >= 4 is 21.8 Å². The molecule has 0 fully saturated rings. The average molecular weight is 393 g/mol. The number of nitrogens with zero attached hydrogens (tertiary/aromatic N) is 2. The smallest absolute Gasteiger partial charge is 0.395 e. The number of sulfonamides is 1. The lowest BCUT2D eigenvalue weighted by molar-refractivity contribution is -0.402. The minimum absolute atomic E-state index is 0.0895. The van der Waals surface area contributed by atoms with Gasteiger partial charge in [0.15, 0.2) is 5.76 Å². The monoisotopic (exact) mass is 393 g/mol. The molecule has 1 aliphatic rings. The normalized spacial score (nSPS) is 14.5. The largest absolute Gasteiger partial charge is 0.433 e. The van der Waals surface area contributed by atoms with Crippen LogP contribution in [0.3, 0.4) is 0 Å². The lowest BCUT2D eigenvalue weighted by Crippen LogP contribution is -2.38. The Labute approximate surface area is 156 Å². The fourth-order valence-electron chi connectivity index (χ4n) is 2.93. The SMILES string of the molecule is O=C(NCCCS(=O)(=O)N1CCc2ccccc2C1)c1ccc([N+](=O)[O-])o1. The first-order chi connectivity index (χ1) is 12.9. The lowest BCUT2D eigenvalue weighted by Gasteiger charge is -2.28. The van der Waals surface area contributed by atoms with Gasteiger partial charge in [-0.1, -0.05) is 24.3 Å². The van der Waals surface area contributed by atoms with Gasteiger partial charge in [-0.2, -0.15) is 4.31 Å². The van der Waals surface area contributed by atoms with Gasteiger partial charge < -0.3 is 9.73 Å². The minimum Gasteiger partial charge on any atom is -0.395 e. The molecule has 10 heteroatoms. The van der Waals surface area contributed by atoms with Crippen LogP contribution in [0.4, 0.5) is 5.88 Å². The number of amides is 1. The summed E-state index contributed by atoms with van der Waals surface area (Å²) in [5.74, 6) is -1.41. The third kappa shape index (κ3) is 4.52. The number of rotatable bonds is 7. The third-order valence-electron chi connectivity index (χ3n) is 4.35. The molecule has 1 aromatic heterocycles. The van der Waals surface area contributed by atoms with E-state index in [-0.39, 0.29) is 24.5 Å². The van der Waals surface area contributed by atoms with Gasteiger partial charge in [0, 0.05) is 19.6 Å². The van der Waals surface area contributed by atoms with E-state index in [1.165, 1.54) is 15.9 Å². The van der Waals surface area contributed by atoms with Crippen LogP contribution < -0.4 is 5.32 Å².